The Balaban J connectivity index is 2.45. The van der Waals surface area contributed by atoms with Crippen molar-refractivity contribution in [2.24, 2.45) is 0 Å². The van der Waals surface area contributed by atoms with Crippen molar-refractivity contribution < 1.29 is 4.74 Å². The van der Waals surface area contributed by atoms with Gasteiger partial charge in [0.05, 0.1) is 18.3 Å². The molecule has 0 saturated carbocycles. The van der Waals surface area contributed by atoms with E-state index in [0.29, 0.717) is 5.75 Å². The molecule has 102 valence electrons. The van der Waals surface area contributed by atoms with E-state index in [1.807, 2.05) is 28.9 Å². The summed E-state index contributed by atoms with van der Waals surface area (Å²) in [6, 6.07) is 7.96. The fourth-order valence-corrected chi connectivity index (χ4v) is 2.09. The van der Waals surface area contributed by atoms with E-state index in [1.165, 1.54) is 0 Å². The molecule has 0 N–H and O–H groups in total. The van der Waals surface area contributed by atoms with Gasteiger partial charge < -0.3 is 4.74 Å². The first-order chi connectivity index (χ1) is 8.95. The molecule has 0 aliphatic carbocycles. The standard InChI is InChI=1S/C15H20N2OS/c1-15(2,3)17-9-12(10-19)14(16-17)11-5-7-13(18-4)8-6-11/h5-9,19H,10H2,1-4H3. The molecule has 0 aliphatic heterocycles. The third-order valence-corrected chi connectivity index (χ3v) is 3.35. The van der Waals surface area contributed by atoms with Crippen LogP contribution in [0, 0.1) is 0 Å². The summed E-state index contributed by atoms with van der Waals surface area (Å²) in [5, 5.41) is 4.71. The Kier molecular flexibility index (Phi) is 3.90. The minimum absolute atomic E-state index is 0.0254. The topological polar surface area (TPSA) is 27.1 Å². The number of aromatic nitrogens is 2. The maximum atomic E-state index is 5.18. The Morgan fingerprint density at radius 1 is 1.21 bits per heavy atom. The molecule has 2 rings (SSSR count). The van der Waals surface area contributed by atoms with Gasteiger partial charge in [-0.25, -0.2) is 0 Å². The van der Waals surface area contributed by atoms with Crippen LogP contribution in [0.2, 0.25) is 0 Å². The van der Waals surface area contributed by atoms with E-state index in [-0.39, 0.29) is 5.54 Å². The van der Waals surface area contributed by atoms with Crippen LogP contribution in [-0.4, -0.2) is 16.9 Å². The Morgan fingerprint density at radius 3 is 2.32 bits per heavy atom. The maximum absolute atomic E-state index is 5.18. The molecule has 1 aromatic carbocycles. The number of hydrogen-bond acceptors (Lipinski definition) is 3. The third-order valence-electron chi connectivity index (χ3n) is 3.01. The van der Waals surface area contributed by atoms with Crippen molar-refractivity contribution in [3.63, 3.8) is 0 Å². The second-order valence-electron chi connectivity index (χ2n) is 5.50. The summed E-state index contributed by atoms with van der Waals surface area (Å²) in [7, 11) is 1.67. The van der Waals surface area contributed by atoms with Gasteiger partial charge in [-0.05, 0) is 45.0 Å². The molecule has 0 saturated heterocycles. The minimum atomic E-state index is -0.0254. The molecule has 0 bridgehead atoms. The minimum Gasteiger partial charge on any atom is -0.497 e. The summed E-state index contributed by atoms with van der Waals surface area (Å²) in [6.07, 6.45) is 2.08. The molecule has 4 heteroatoms. The third kappa shape index (κ3) is 2.95. The molecule has 0 amide bonds. The average Bonchev–Trinajstić information content (AvgIpc) is 2.83. The zero-order valence-corrected chi connectivity index (χ0v) is 12.7. The molecule has 0 atom stereocenters. The Bertz CT molecular complexity index is 553. The highest BCUT2D eigenvalue weighted by atomic mass is 32.1. The normalized spacial score (nSPS) is 11.6. The van der Waals surface area contributed by atoms with Gasteiger partial charge in [0, 0.05) is 23.1 Å². The lowest BCUT2D eigenvalue weighted by molar-refractivity contribution is 0.356. The smallest absolute Gasteiger partial charge is 0.118 e. The fourth-order valence-electron chi connectivity index (χ4n) is 1.86. The van der Waals surface area contributed by atoms with Crippen molar-refractivity contribution in [2.45, 2.75) is 32.1 Å². The lowest BCUT2D eigenvalue weighted by atomic mass is 10.1. The number of nitrogens with zero attached hydrogens (tertiary/aromatic N) is 2. The lowest BCUT2D eigenvalue weighted by Crippen LogP contribution is -2.22. The van der Waals surface area contributed by atoms with Crippen molar-refractivity contribution in [3.05, 3.63) is 36.0 Å². The van der Waals surface area contributed by atoms with Crippen LogP contribution in [-0.2, 0) is 11.3 Å². The van der Waals surface area contributed by atoms with Crippen LogP contribution in [0.1, 0.15) is 26.3 Å². The van der Waals surface area contributed by atoms with Crippen LogP contribution in [0.15, 0.2) is 30.5 Å². The van der Waals surface area contributed by atoms with E-state index in [9.17, 15) is 0 Å². The summed E-state index contributed by atoms with van der Waals surface area (Å²) in [5.74, 6) is 1.53. The van der Waals surface area contributed by atoms with E-state index >= 15 is 0 Å². The molecule has 2 aromatic rings. The summed E-state index contributed by atoms with van der Waals surface area (Å²) in [6.45, 7) is 6.42. The zero-order valence-electron chi connectivity index (χ0n) is 11.8. The SMILES string of the molecule is COc1ccc(-c2nn(C(C)(C)C)cc2CS)cc1. The van der Waals surface area contributed by atoms with E-state index < -0.39 is 0 Å². The highest BCUT2D eigenvalue weighted by Gasteiger charge is 2.18. The Hall–Kier alpha value is -1.42. The fraction of sp³-hybridized carbons (Fsp3) is 0.400. The molecule has 0 radical (unpaired) electrons. The monoisotopic (exact) mass is 276 g/mol. The number of benzene rings is 1. The number of thiol groups is 1. The second-order valence-corrected chi connectivity index (χ2v) is 5.82. The second kappa shape index (κ2) is 5.29. The molecule has 19 heavy (non-hydrogen) atoms. The number of hydrogen-bond donors (Lipinski definition) is 1. The predicted molar refractivity (Wildman–Crippen MR) is 81.9 cm³/mol. The average molecular weight is 276 g/mol. The van der Waals surface area contributed by atoms with Gasteiger partial charge in [-0.1, -0.05) is 0 Å². The number of ether oxygens (including phenoxy) is 1. The van der Waals surface area contributed by atoms with Gasteiger partial charge in [0.1, 0.15) is 5.75 Å². The molecule has 0 aliphatic rings. The molecule has 0 spiro atoms. The van der Waals surface area contributed by atoms with Gasteiger partial charge >= 0.3 is 0 Å². The maximum Gasteiger partial charge on any atom is 0.118 e. The summed E-state index contributed by atoms with van der Waals surface area (Å²) in [4.78, 5) is 0. The molecule has 0 fully saturated rings. The summed E-state index contributed by atoms with van der Waals surface area (Å²) in [5.41, 5.74) is 3.20. The van der Waals surface area contributed by atoms with Crippen LogP contribution >= 0.6 is 12.6 Å². The highest BCUT2D eigenvalue weighted by molar-refractivity contribution is 7.79. The van der Waals surface area contributed by atoms with Crippen LogP contribution in [0.4, 0.5) is 0 Å². The van der Waals surface area contributed by atoms with Gasteiger partial charge in [0.25, 0.3) is 0 Å². The van der Waals surface area contributed by atoms with Gasteiger partial charge in [-0.3, -0.25) is 4.68 Å². The van der Waals surface area contributed by atoms with Crippen molar-refractivity contribution in [2.75, 3.05) is 7.11 Å². The summed E-state index contributed by atoms with van der Waals surface area (Å²) < 4.78 is 7.18. The van der Waals surface area contributed by atoms with Gasteiger partial charge in [-0.2, -0.15) is 17.7 Å². The molecular weight excluding hydrogens is 256 g/mol. The predicted octanol–water partition coefficient (Wildman–Crippen LogP) is 3.74. The van der Waals surface area contributed by atoms with Crippen LogP contribution in [0.5, 0.6) is 5.75 Å². The first kappa shape index (κ1) is 14.0. The Labute approximate surface area is 120 Å². The lowest BCUT2D eigenvalue weighted by Gasteiger charge is -2.18. The quantitative estimate of drug-likeness (QED) is 0.865. The van der Waals surface area contributed by atoms with Crippen molar-refractivity contribution in [1.82, 2.24) is 9.78 Å². The Morgan fingerprint density at radius 2 is 1.84 bits per heavy atom. The molecule has 1 heterocycles. The largest absolute Gasteiger partial charge is 0.497 e. The van der Waals surface area contributed by atoms with E-state index in [0.717, 1.165) is 22.6 Å². The van der Waals surface area contributed by atoms with Crippen LogP contribution in [0.25, 0.3) is 11.3 Å². The molecule has 0 unspecified atom stereocenters. The first-order valence-electron chi connectivity index (χ1n) is 6.30. The summed E-state index contributed by atoms with van der Waals surface area (Å²) >= 11 is 4.40. The highest BCUT2D eigenvalue weighted by Crippen LogP contribution is 2.27. The zero-order chi connectivity index (χ0) is 14.0. The van der Waals surface area contributed by atoms with E-state index in [4.69, 9.17) is 9.84 Å². The van der Waals surface area contributed by atoms with Crippen LogP contribution in [0.3, 0.4) is 0 Å². The van der Waals surface area contributed by atoms with E-state index in [2.05, 4.69) is 39.6 Å². The van der Waals surface area contributed by atoms with Gasteiger partial charge in [-0.15, -0.1) is 0 Å². The van der Waals surface area contributed by atoms with Crippen molar-refractivity contribution >= 4 is 12.6 Å². The first-order valence-corrected chi connectivity index (χ1v) is 6.93. The van der Waals surface area contributed by atoms with Crippen molar-refractivity contribution in [1.29, 1.82) is 0 Å². The van der Waals surface area contributed by atoms with Crippen molar-refractivity contribution in [3.8, 4) is 17.0 Å². The van der Waals surface area contributed by atoms with Gasteiger partial charge in [0.15, 0.2) is 0 Å². The number of rotatable bonds is 3. The van der Waals surface area contributed by atoms with Crippen LogP contribution < -0.4 is 4.74 Å². The van der Waals surface area contributed by atoms with Gasteiger partial charge in [0.2, 0.25) is 0 Å². The molecule has 1 aromatic heterocycles. The molecule has 3 nitrogen and oxygen atoms in total. The molecular formula is C15H20N2OS. The number of methoxy groups -OCH3 is 1. The van der Waals surface area contributed by atoms with E-state index in [1.54, 1.807) is 7.11 Å².